The van der Waals surface area contributed by atoms with Gasteiger partial charge in [0, 0.05) is 6.42 Å². The van der Waals surface area contributed by atoms with Crippen molar-refractivity contribution in [2.45, 2.75) is 25.1 Å². The maximum absolute atomic E-state index is 12.5. The molecule has 0 heterocycles. The number of alkyl carbamates (subject to hydrolysis) is 1. The molecule has 31 heavy (non-hydrogen) atoms. The van der Waals surface area contributed by atoms with Crippen LogP contribution in [0.5, 0.6) is 0 Å². The molecule has 9 nitrogen and oxygen atoms in total. The second-order valence-corrected chi connectivity index (χ2v) is 6.50. The Morgan fingerprint density at radius 2 is 1.71 bits per heavy atom. The number of carbonyl (C=O) groups is 3. The maximum Gasteiger partial charge on any atom is 0.408 e. The third kappa shape index (κ3) is 7.13. The average molecular weight is 425 g/mol. The molecule has 0 unspecified atom stereocenters. The van der Waals surface area contributed by atoms with Gasteiger partial charge in [-0.15, -0.1) is 0 Å². The van der Waals surface area contributed by atoms with Gasteiger partial charge in [-0.3, -0.25) is 4.79 Å². The number of hydrogen-bond acceptors (Lipinski definition) is 7. The van der Waals surface area contributed by atoms with Crippen LogP contribution in [-0.4, -0.2) is 48.9 Å². The maximum atomic E-state index is 12.5. The van der Waals surface area contributed by atoms with Crippen LogP contribution in [0.15, 0.2) is 54.6 Å². The number of esters is 1. The second kappa shape index (κ2) is 11.9. The first-order valence-corrected chi connectivity index (χ1v) is 9.42. The van der Waals surface area contributed by atoms with Crippen LogP contribution in [0.25, 0.3) is 0 Å². The molecule has 9 heteroatoms. The third-order valence-electron chi connectivity index (χ3n) is 4.37. The number of carbonyl (C=O) groups excluding carboxylic acids is 3. The number of nitrogens with zero attached hydrogens (tertiary/aromatic N) is 1. The van der Waals surface area contributed by atoms with Gasteiger partial charge in [0.05, 0.1) is 25.3 Å². The lowest BCUT2D eigenvalue weighted by molar-refractivity contribution is -0.145. The van der Waals surface area contributed by atoms with Crippen LogP contribution >= 0.6 is 0 Å². The normalized spacial score (nSPS) is 12.0. The fourth-order valence-corrected chi connectivity index (χ4v) is 2.74. The lowest BCUT2D eigenvalue weighted by Gasteiger charge is -2.21. The summed E-state index contributed by atoms with van der Waals surface area (Å²) in [6.45, 7) is -0.725. The zero-order valence-corrected chi connectivity index (χ0v) is 16.9. The minimum atomic E-state index is -1.35. The molecule has 2 amide bonds. The molecule has 0 radical (unpaired) electrons. The van der Waals surface area contributed by atoms with Crippen LogP contribution in [0.1, 0.15) is 16.7 Å². The number of aliphatic hydroxyl groups excluding tert-OH is 1. The van der Waals surface area contributed by atoms with Crippen molar-refractivity contribution in [2.75, 3.05) is 13.7 Å². The fourth-order valence-electron chi connectivity index (χ4n) is 2.74. The molecule has 2 aromatic carbocycles. The highest BCUT2D eigenvalue weighted by Crippen LogP contribution is 2.11. The molecular formula is C22H23N3O6. The van der Waals surface area contributed by atoms with Gasteiger partial charge in [-0.25, -0.2) is 9.59 Å². The molecule has 0 fully saturated rings. The summed E-state index contributed by atoms with van der Waals surface area (Å²) >= 11 is 0. The summed E-state index contributed by atoms with van der Waals surface area (Å²) in [4.78, 5) is 36.7. The molecule has 0 aliphatic heterocycles. The van der Waals surface area contributed by atoms with E-state index in [4.69, 9.17) is 9.47 Å². The molecule has 2 rings (SSSR count). The zero-order chi connectivity index (χ0) is 22.6. The SMILES string of the molecule is COC(=O)[C@@H](Cc1ccccc1C#N)NC(=O)[C@H](CO)NC(=O)OCc1ccccc1. The summed E-state index contributed by atoms with van der Waals surface area (Å²) in [6.07, 6.45) is -0.902. The number of aliphatic hydroxyl groups is 1. The van der Waals surface area contributed by atoms with E-state index >= 15 is 0 Å². The van der Waals surface area contributed by atoms with E-state index in [2.05, 4.69) is 10.6 Å². The van der Waals surface area contributed by atoms with Gasteiger partial charge in [0.2, 0.25) is 5.91 Å². The number of benzene rings is 2. The molecular weight excluding hydrogens is 402 g/mol. The second-order valence-electron chi connectivity index (χ2n) is 6.50. The summed E-state index contributed by atoms with van der Waals surface area (Å²) < 4.78 is 9.77. The topological polar surface area (TPSA) is 138 Å². The first kappa shape index (κ1) is 23.4. The standard InChI is InChI=1S/C22H23N3O6/c1-30-21(28)18(11-16-9-5-6-10-17(16)12-23)24-20(27)19(13-26)25-22(29)31-14-15-7-3-2-4-8-15/h2-10,18-19,26H,11,13-14H2,1H3,(H,24,27)(H,25,29)/t18-,19+/m1/s1. The highest BCUT2D eigenvalue weighted by Gasteiger charge is 2.28. The molecule has 2 atom stereocenters. The van der Waals surface area contributed by atoms with Gasteiger partial charge in [-0.1, -0.05) is 48.5 Å². The summed E-state index contributed by atoms with van der Waals surface area (Å²) in [5.41, 5.74) is 1.65. The Balaban J connectivity index is 2.00. The number of amides is 2. The first-order valence-electron chi connectivity index (χ1n) is 9.42. The van der Waals surface area contributed by atoms with Gasteiger partial charge < -0.3 is 25.2 Å². The minimum absolute atomic E-state index is 0.00124. The molecule has 0 saturated heterocycles. The number of methoxy groups -OCH3 is 1. The van der Waals surface area contributed by atoms with E-state index in [9.17, 15) is 24.8 Å². The van der Waals surface area contributed by atoms with Crippen molar-refractivity contribution < 1.29 is 29.0 Å². The van der Waals surface area contributed by atoms with Crippen molar-refractivity contribution in [2.24, 2.45) is 0 Å². The summed E-state index contributed by atoms with van der Waals surface area (Å²) in [7, 11) is 1.17. The molecule has 162 valence electrons. The Morgan fingerprint density at radius 1 is 1.03 bits per heavy atom. The van der Waals surface area contributed by atoms with E-state index < -0.39 is 36.7 Å². The number of ether oxygens (including phenoxy) is 2. The van der Waals surface area contributed by atoms with Crippen LogP contribution < -0.4 is 10.6 Å². The van der Waals surface area contributed by atoms with Gasteiger partial charge >= 0.3 is 12.1 Å². The third-order valence-corrected chi connectivity index (χ3v) is 4.37. The van der Waals surface area contributed by atoms with Gasteiger partial charge in [-0.05, 0) is 17.2 Å². The van der Waals surface area contributed by atoms with Crippen LogP contribution in [0.2, 0.25) is 0 Å². The van der Waals surface area contributed by atoms with Gasteiger partial charge in [0.1, 0.15) is 18.7 Å². The van der Waals surface area contributed by atoms with Crippen LogP contribution in [-0.2, 0) is 32.1 Å². The summed E-state index contributed by atoms with van der Waals surface area (Å²) in [6, 6.07) is 15.1. The number of rotatable bonds is 9. The van der Waals surface area contributed by atoms with E-state index in [0.29, 0.717) is 11.1 Å². The quantitative estimate of drug-likeness (QED) is 0.511. The van der Waals surface area contributed by atoms with Crippen molar-refractivity contribution in [1.29, 1.82) is 5.26 Å². The minimum Gasteiger partial charge on any atom is -0.467 e. The van der Waals surface area contributed by atoms with Crippen molar-refractivity contribution in [3.05, 3.63) is 71.3 Å². The Morgan fingerprint density at radius 3 is 2.35 bits per heavy atom. The number of nitriles is 1. The zero-order valence-electron chi connectivity index (χ0n) is 16.9. The molecule has 0 bridgehead atoms. The summed E-state index contributed by atoms with van der Waals surface area (Å²) in [5.74, 6) is -1.53. The molecule has 0 aliphatic carbocycles. The van der Waals surface area contributed by atoms with Crippen LogP contribution in [0.4, 0.5) is 4.79 Å². The Kier molecular flexibility index (Phi) is 9.01. The van der Waals surface area contributed by atoms with E-state index in [1.165, 1.54) is 7.11 Å². The van der Waals surface area contributed by atoms with E-state index in [-0.39, 0.29) is 13.0 Å². The van der Waals surface area contributed by atoms with Crippen molar-refractivity contribution >= 4 is 18.0 Å². The van der Waals surface area contributed by atoms with Crippen LogP contribution in [0, 0.1) is 11.3 Å². The van der Waals surface area contributed by atoms with E-state index in [1.807, 2.05) is 12.1 Å². The molecule has 3 N–H and O–H groups in total. The molecule has 0 spiro atoms. The van der Waals surface area contributed by atoms with Gasteiger partial charge in [0.15, 0.2) is 0 Å². The predicted molar refractivity (Wildman–Crippen MR) is 109 cm³/mol. The van der Waals surface area contributed by atoms with Crippen molar-refractivity contribution in [3.8, 4) is 6.07 Å². The fraction of sp³-hybridized carbons (Fsp3) is 0.273. The number of nitrogens with one attached hydrogen (secondary N) is 2. The summed E-state index contributed by atoms with van der Waals surface area (Å²) in [5, 5.41) is 23.4. The lowest BCUT2D eigenvalue weighted by Crippen LogP contribution is -2.54. The molecule has 0 saturated carbocycles. The monoisotopic (exact) mass is 425 g/mol. The van der Waals surface area contributed by atoms with Crippen molar-refractivity contribution in [3.63, 3.8) is 0 Å². The van der Waals surface area contributed by atoms with E-state index in [0.717, 1.165) is 5.56 Å². The predicted octanol–water partition coefficient (Wildman–Crippen LogP) is 1.05. The Bertz CT molecular complexity index is 942. The molecule has 0 aliphatic rings. The Hall–Kier alpha value is -3.90. The first-order chi connectivity index (χ1) is 15.0. The van der Waals surface area contributed by atoms with Crippen molar-refractivity contribution in [1.82, 2.24) is 10.6 Å². The van der Waals surface area contributed by atoms with Gasteiger partial charge in [0.25, 0.3) is 0 Å². The molecule has 2 aromatic rings. The Labute approximate surface area is 179 Å². The smallest absolute Gasteiger partial charge is 0.408 e. The van der Waals surface area contributed by atoms with Crippen LogP contribution in [0.3, 0.4) is 0 Å². The highest BCUT2D eigenvalue weighted by molar-refractivity contribution is 5.89. The highest BCUT2D eigenvalue weighted by atomic mass is 16.5. The lowest BCUT2D eigenvalue weighted by atomic mass is 10.0. The van der Waals surface area contributed by atoms with E-state index in [1.54, 1.807) is 48.5 Å². The molecule has 0 aromatic heterocycles. The van der Waals surface area contributed by atoms with Gasteiger partial charge in [-0.2, -0.15) is 5.26 Å². The largest absolute Gasteiger partial charge is 0.467 e. The number of hydrogen-bond donors (Lipinski definition) is 3. The average Bonchev–Trinajstić information content (AvgIpc) is 2.81.